The molecule has 2 rings (SSSR count). The number of halogens is 1. The van der Waals surface area contributed by atoms with Gasteiger partial charge in [-0.3, -0.25) is 0 Å². The first-order valence-electron chi connectivity index (χ1n) is 8.85. The number of methoxy groups -OCH3 is 1. The summed E-state index contributed by atoms with van der Waals surface area (Å²) in [5.74, 6) is -3.36. The summed E-state index contributed by atoms with van der Waals surface area (Å²) >= 11 is 3.28. The molecule has 1 unspecified atom stereocenters. The Morgan fingerprint density at radius 3 is 2.32 bits per heavy atom. The second-order valence-corrected chi connectivity index (χ2v) is 7.99. The van der Waals surface area contributed by atoms with Gasteiger partial charge in [-0.25, -0.2) is 9.59 Å². The van der Waals surface area contributed by atoms with Crippen molar-refractivity contribution < 1.29 is 34.4 Å². The maximum Gasteiger partial charge on any atom is 0.338 e. The molecule has 0 heterocycles. The van der Waals surface area contributed by atoms with Crippen LogP contribution in [0.25, 0.3) is 0 Å². The van der Waals surface area contributed by atoms with Crippen LogP contribution in [-0.2, 0) is 14.3 Å². The van der Waals surface area contributed by atoms with Gasteiger partial charge in [0, 0.05) is 21.9 Å². The largest absolute Gasteiger partial charge is 0.466 e. The fraction of sp³-hybridized carbons (Fsp3) is 0.500. The van der Waals surface area contributed by atoms with Crippen LogP contribution in [0.5, 0.6) is 0 Å². The van der Waals surface area contributed by atoms with Crippen LogP contribution in [0.1, 0.15) is 31.1 Å². The van der Waals surface area contributed by atoms with E-state index in [1.165, 1.54) is 39.2 Å². The molecule has 0 bridgehead atoms. The average molecular weight is 457 g/mol. The third-order valence-corrected chi connectivity index (χ3v) is 5.77. The molecule has 1 aliphatic carbocycles. The minimum atomic E-state index is -1.79. The monoisotopic (exact) mass is 456 g/mol. The van der Waals surface area contributed by atoms with E-state index in [0.717, 1.165) is 4.47 Å². The Bertz CT molecular complexity index is 754. The van der Waals surface area contributed by atoms with Crippen molar-refractivity contribution in [2.75, 3.05) is 7.11 Å². The van der Waals surface area contributed by atoms with Crippen molar-refractivity contribution in [3.05, 3.63) is 46.0 Å². The molecule has 1 aliphatic rings. The van der Waals surface area contributed by atoms with E-state index in [0.29, 0.717) is 0 Å². The predicted molar refractivity (Wildman–Crippen MR) is 104 cm³/mol. The summed E-state index contributed by atoms with van der Waals surface area (Å²) < 4.78 is 11.0. The van der Waals surface area contributed by atoms with Gasteiger partial charge in [-0.2, -0.15) is 0 Å². The molecule has 0 aliphatic heterocycles. The number of hydrogen-bond donors (Lipinski definition) is 3. The molecular formula is C20H25BrO7. The van der Waals surface area contributed by atoms with E-state index in [2.05, 4.69) is 15.9 Å². The van der Waals surface area contributed by atoms with E-state index in [9.17, 15) is 24.9 Å². The number of carbonyl (C=O) groups is 2. The van der Waals surface area contributed by atoms with Crippen LogP contribution >= 0.6 is 15.9 Å². The molecule has 28 heavy (non-hydrogen) atoms. The van der Waals surface area contributed by atoms with Gasteiger partial charge in [-0.1, -0.05) is 22.0 Å². The summed E-state index contributed by atoms with van der Waals surface area (Å²) in [5, 5.41) is 32.2. The van der Waals surface area contributed by atoms with Gasteiger partial charge in [-0.15, -0.1) is 0 Å². The van der Waals surface area contributed by atoms with E-state index in [1.807, 2.05) is 0 Å². The molecular weight excluding hydrogens is 432 g/mol. The molecule has 154 valence electrons. The Kier molecular flexibility index (Phi) is 7.03. The van der Waals surface area contributed by atoms with Gasteiger partial charge >= 0.3 is 11.9 Å². The van der Waals surface area contributed by atoms with Crippen molar-refractivity contribution in [1.29, 1.82) is 0 Å². The third-order valence-electron chi connectivity index (χ3n) is 5.24. The number of carbonyl (C=O) groups excluding carboxylic acids is 2. The summed E-state index contributed by atoms with van der Waals surface area (Å²) in [6.07, 6.45) is -2.40. The van der Waals surface area contributed by atoms with Crippen LogP contribution in [-0.4, -0.2) is 58.3 Å². The van der Waals surface area contributed by atoms with Crippen LogP contribution in [0.15, 0.2) is 40.4 Å². The van der Waals surface area contributed by atoms with E-state index in [1.54, 1.807) is 19.1 Å². The highest BCUT2D eigenvalue weighted by Gasteiger charge is 2.62. The lowest BCUT2D eigenvalue weighted by Crippen LogP contribution is -2.48. The highest BCUT2D eigenvalue weighted by molar-refractivity contribution is 9.10. The number of aliphatic hydroxyl groups excluding tert-OH is 2. The third kappa shape index (κ3) is 4.15. The number of aliphatic hydroxyl groups is 3. The molecule has 0 saturated heterocycles. The molecule has 8 heteroatoms. The van der Waals surface area contributed by atoms with Gasteiger partial charge in [0.15, 0.2) is 6.10 Å². The Hall–Kier alpha value is -1.74. The zero-order chi connectivity index (χ0) is 21.2. The van der Waals surface area contributed by atoms with Crippen LogP contribution in [0, 0.1) is 11.8 Å². The second kappa shape index (κ2) is 8.73. The number of allylic oxidation sites excluding steroid dienone is 1. The van der Waals surface area contributed by atoms with Gasteiger partial charge in [0.1, 0.15) is 11.7 Å². The topological polar surface area (TPSA) is 113 Å². The minimum Gasteiger partial charge on any atom is -0.466 e. The van der Waals surface area contributed by atoms with E-state index in [-0.39, 0.29) is 11.1 Å². The molecule has 1 aromatic rings. The van der Waals surface area contributed by atoms with Crippen LogP contribution in [0.2, 0.25) is 0 Å². The van der Waals surface area contributed by atoms with Crippen molar-refractivity contribution in [2.24, 2.45) is 11.8 Å². The number of benzene rings is 1. The summed E-state index contributed by atoms with van der Waals surface area (Å²) in [4.78, 5) is 24.7. The summed E-state index contributed by atoms with van der Waals surface area (Å²) in [6.45, 7) is 4.41. The SMILES string of the molecule is C/C=C(/C(=O)OC)[C@H]1[C@H](O)[C@H](OC(=O)c2ccc(Br)cc2)[C@](C)(O)[C@H]1C(C)O. The number of esters is 2. The molecule has 0 aromatic heterocycles. The van der Waals surface area contributed by atoms with Gasteiger partial charge in [0.05, 0.1) is 18.8 Å². The molecule has 0 spiro atoms. The van der Waals surface area contributed by atoms with Crippen molar-refractivity contribution in [2.45, 2.75) is 44.7 Å². The summed E-state index contributed by atoms with van der Waals surface area (Å²) in [7, 11) is 1.20. The lowest BCUT2D eigenvalue weighted by molar-refractivity contribution is -0.137. The smallest absolute Gasteiger partial charge is 0.338 e. The Morgan fingerprint density at radius 1 is 1.29 bits per heavy atom. The van der Waals surface area contributed by atoms with E-state index >= 15 is 0 Å². The summed E-state index contributed by atoms with van der Waals surface area (Å²) in [5.41, 5.74) is -1.45. The first kappa shape index (κ1) is 22.5. The predicted octanol–water partition coefficient (Wildman–Crippen LogP) is 1.83. The Balaban J connectivity index is 2.40. The first-order chi connectivity index (χ1) is 13.1. The van der Waals surface area contributed by atoms with Crippen molar-refractivity contribution in [3.8, 4) is 0 Å². The van der Waals surface area contributed by atoms with Crippen LogP contribution in [0.4, 0.5) is 0 Å². The zero-order valence-electron chi connectivity index (χ0n) is 16.1. The van der Waals surface area contributed by atoms with E-state index in [4.69, 9.17) is 9.47 Å². The Morgan fingerprint density at radius 2 is 1.86 bits per heavy atom. The minimum absolute atomic E-state index is 0.100. The van der Waals surface area contributed by atoms with Gasteiger partial charge < -0.3 is 24.8 Å². The average Bonchev–Trinajstić information content (AvgIpc) is 2.83. The lowest BCUT2D eigenvalue weighted by atomic mass is 9.79. The molecule has 1 aromatic carbocycles. The number of ether oxygens (including phenoxy) is 2. The normalized spacial score (nSPS) is 31.4. The van der Waals surface area contributed by atoms with Gasteiger partial charge in [0.25, 0.3) is 0 Å². The maximum absolute atomic E-state index is 12.5. The number of hydrogen-bond acceptors (Lipinski definition) is 7. The molecule has 0 amide bonds. The van der Waals surface area contributed by atoms with E-state index < -0.39 is 47.7 Å². The maximum atomic E-state index is 12.5. The highest BCUT2D eigenvalue weighted by Crippen LogP contribution is 2.47. The van der Waals surface area contributed by atoms with Crippen molar-refractivity contribution >= 4 is 27.9 Å². The van der Waals surface area contributed by atoms with Crippen LogP contribution in [0.3, 0.4) is 0 Å². The number of rotatable bonds is 5. The fourth-order valence-electron chi connectivity index (χ4n) is 3.99. The summed E-state index contributed by atoms with van der Waals surface area (Å²) in [6, 6.07) is 6.41. The molecule has 1 saturated carbocycles. The highest BCUT2D eigenvalue weighted by atomic mass is 79.9. The molecule has 0 radical (unpaired) electrons. The molecule has 6 atom stereocenters. The quantitative estimate of drug-likeness (QED) is 0.457. The fourth-order valence-corrected chi connectivity index (χ4v) is 4.25. The van der Waals surface area contributed by atoms with Gasteiger partial charge in [-0.05, 0) is 45.0 Å². The molecule has 7 nitrogen and oxygen atoms in total. The Labute approximate surface area is 172 Å². The molecule has 3 N–H and O–H groups in total. The first-order valence-corrected chi connectivity index (χ1v) is 9.65. The zero-order valence-corrected chi connectivity index (χ0v) is 17.7. The van der Waals surface area contributed by atoms with Crippen molar-refractivity contribution in [1.82, 2.24) is 0 Å². The lowest BCUT2D eigenvalue weighted by Gasteiger charge is -2.33. The van der Waals surface area contributed by atoms with Crippen molar-refractivity contribution in [3.63, 3.8) is 0 Å². The second-order valence-electron chi connectivity index (χ2n) is 7.08. The molecule has 1 fully saturated rings. The standard InChI is InChI=1S/C20H25BrO7/c1-5-13(19(25)27-4)14-15(10(2)22)20(3,26)17(16(14)23)28-18(24)11-6-8-12(21)9-7-11/h5-10,14-17,22-23,26H,1-4H3/b13-5+/t10?,14-,15+,16+,17+,20-/m1/s1. The van der Waals surface area contributed by atoms with Crippen LogP contribution < -0.4 is 0 Å². The van der Waals surface area contributed by atoms with Gasteiger partial charge in [0.2, 0.25) is 0 Å².